The predicted octanol–water partition coefficient (Wildman–Crippen LogP) is 5.08. The smallest absolute Gasteiger partial charge is 0.126 e. The molecule has 21 heavy (non-hydrogen) atoms. The van der Waals surface area contributed by atoms with Gasteiger partial charge in [-0.3, -0.25) is 0 Å². The number of benzene rings is 1. The van der Waals surface area contributed by atoms with Gasteiger partial charge in [-0.05, 0) is 58.2 Å². The Kier molecular flexibility index (Phi) is 5.49. The highest BCUT2D eigenvalue weighted by atomic mass is 16.5. The topological polar surface area (TPSA) is 18.5 Å². The van der Waals surface area contributed by atoms with Crippen molar-refractivity contribution in [1.29, 1.82) is 0 Å². The molecule has 0 atom stereocenters. The molecular formula is C19H26O2. The molecule has 0 saturated carbocycles. The summed E-state index contributed by atoms with van der Waals surface area (Å²) in [5.74, 6) is 1.87. The van der Waals surface area contributed by atoms with E-state index < -0.39 is 0 Å². The molecule has 2 heteroatoms. The van der Waals surface area contributed by atoms with Crippen LogP contribution in [0, 0.1) is 0 Å². The van der Waals surface area contributed by atoms with Crippen molar-refractivity contribution in [1.82, 2.24) is 0 Å². The molecule has 2 rings (SSSR count). The van der Waals surface area contributed by atoms with Crippen LogP contribution < -0.4 is 9.47 Å². The molecule has 1 aliphatic heterocycles. The molecule has 0 saturated heterocycles. The zero-order valence-electron chi connectivity index (χ0n) is 13.7. The summed E-state index contributed by atoms with van der Waals surface area (Å²) >= 11 is 0. The minimum absolute atomic E-state index is 0.624. The quantitative estimate of drug-likeness (QED) is 0.679. The molecule has 1 aromatic carbocycles. The van der Waals surface area contributed by atoms with E-state index in [2.05, 4.69) is 39.8 Å². The molecule has 0 aromatic heterocycles. The summed E-state index contributed by atoms with van der Waals surface area (Å²) in [5.41, 5.74) is 5.58. The van der Waals surface area contributed by atoms with E-state index in [9.17, 15) is 0 Å². The van der Waals surface area contributed by atoms with E-state index in [-0.39, 0.29) is 0 Å². The zero-order valence-corrected chi connectivity index (χ0v) is 13.7. The van der Waals surface area contributed by atoms with Crippen LogP contribution in [0.5, 0.6) is 11.5 Å². The van der Waals surface area contributed by atoms with Gasteiger partial charge in [0, 0.05) is 12.5 Å². The summed E-state index contributed by atoms with van der Waals surface area (Å²) in [5, 5.41) is 0. The first-order chi connectivity index (χ1) is 10.1. The van der Waals surface area contributed by atoms with Gasteiger partial charge in [0.1, 0.15) is 18.1 Å². The van der Waals surface area contributed by atoms with Crippen LogP contribution in [0.25, 0.3) is 0 Å². The number of fused-ring (bicyclic) bond motifs is 1. The Balaban J connectivity index is 1.80. The van der Waals surface area contributed by atoms with Crippen LogP contribution in [0.3, 0.4) is 0 Å². The van der Waals surface area contributed by atoms with Crippen molar-refractivity contribution < 1.29 is 9.47 Å². The minimum Gasteiger partial charge on any atom is -0.493 e. The molecule has 0 radical (unpaired) electrons. The van der Waals surface area contributed by atoms with Gasteiger partial charge >= 0.3 is 0 Å². The van der Waals surface area contributed by atoms with Crippen molar-refractivity contribution in [2.45, 2.75) is 47.0 Å². The van der Waals surface area contributed by atoms with Crippen LogP contribution in [-0.2, 0) is 6.42 Å². The van der Waals surface area contributed by atoms with Gasteiger partial charge in [-0.15, -0.1) is 0 Å². The van der Waals surface area contributed by atoms with E-state index in [1.165, 1.54) is 22.3 Å². The molecule has 2 nitrogen and oxygen atoms in total. The van der Waals surface area contributed by atoms with Gasteiger partial charge < -0.3 is 9.47 Å². The predicted molar refractivity (Wildman–Crippen MR) is 88.2 cm³/mol. The van der Waals surface area contributed by atoms with E-state index in [0.717, 1.165) is 37.4 Å². The van der Waals surface area contributed by atoms with Crippen LogP contribution in [0.4, 0.5) is 0 Å². The van der Waals surface area contributed by atoms with Crippen LogP contribution in [0.2, 0.25) is 0 Å². The number of allylic oxidation sites excluding steroid dienone is 3. The first-order valence-electron chi connectivity index (χ1n) is 7.73. The van der Waals surface area contributed by atoms with Crippen LogP contribution in [-0.4, -0.2) is 13.2 Å². The Labute approximate surface area is 128 Å². The molecule has 0 amide bonds. The lowest BCUT2D eigenvalue weighted by molar-refractivity contribution is 0.343. The van der Waals surface area contributed by atoms with Crippen molar-refractivity contribution in [2.24, 2.45) is 0 Å². The van der Waals surface area contributed by atoms with E-state index >= 15 is 0 Å². The van der Waals surface area contributed by atoms with Crippen LogP contribution in [0.1, 0.15) is 46.1 Å². The van der Waals surface area contributed by atoms with Crippen molar-refractivity contribution in [3.63, 3.8) is 0 Å². The molecule has 114 valence electrons. The summed E-state index contributed by atoms with van der Waals surface area (Å²) in [6.07, 6.45) is 5.43. The fraction of sp³-hybridized carbons (Fsp3) is 0.474. The molecule has 1 aliphatic rings. The van der Waals surface area contributed by atoms with Crippen LogP contribution in [0.15, 0.2) is 41.0 Å². The molecule has 0 spiro atoms. The number of hydrogen-bond donors (Lipinski definition) is 0. The maximum absolute atomic E-state index is 5.79. The van der Waals surface area contributed by atoms with Gasteiger partial charge in [0.05, 0.1) is 6.61 Å². The molecule has 0 unspecified atom stereocenters. The monoisotopic (exact) mass is 286 g/mol. The highest BCUT2D eigenvalue weighted by Gasteiger charge is 2.12. The van der Waals surface area contributed by atoms with Crippen molar-refractivity contribution >= 4 is 0 Å². The lowest BCUT2D eigenvalue weighted by atomic mass is 10.0. The number of hydrogen-bond acceptors (Lipinski definition) is 2. The Morgan fingerprint density at radius 1 is 1.19 bits per heavy atom. The van der Waals surface area contributed by atoms with Gasteiger partial charge in [0.15, 0.2) is 0 Å². The SMILES string of the molecule is CC(C)=C(C)CC/C(C)=C/COc1ccc2c(c1)OCC2. The Morgan fingerprint density at radius 3 is 2.76 bits per heavy atom. The zero-order chi connectivity index (χ0) is 15.2. The molecule has 0 fully saturated rings. The largest absolute Gasteiger partial charge is 0.493 e. The average Bonchev–Trinajstić information content (AvgIpc) is 2.92. The second-order valence-electron chi connectivity index (χ2n) is 6.01. The molecule has 1 aromatic rings. The summed E-state index contributed by atoms with van der Waals surface area (Å²) < 4.78 is 11.3. The molecule has 0 N–H and O–H groups in total. The average molecular weight is 286 g/mol. The van der Waals surface area contributed by atoms with Gasteiger partial charge in [-0.1, -0.05) is 22.8 Å². The third-order valence-electron chi connectivity index (χ3n) is 4.10. The third-order valence-corrected chi connectivity index (χ3v) is 4.10. The molecular weight excluding hydrogens is 260 g/mol. The van der Waals surface area contributed by atoms with E-state index in [0.29, 0.717) is 6.61 Å². The van der Waals surface area contributed by atoms with Crippen LogP contribution >= 0.6 is 0 Å². The maximum atomic E-state index is 5.79. The number of ether oxygens (including phenoxy) is 2. The molecule has 0 bridgehead atoms. The fourth-order valence-electron chi connectivity index (χ4n) is 2.25. The minimum atomic E-state index is 0.624. The second-order valence-corrected chi connectivity index (χ2v) is 6.01. The summed E-state index contributed by atoms with van der Waals surface area (Å²) in [6.45, 7) is 10.2. The first kappa shape index (κ1) is 15.7. The lowest BCUT2D eigenvalue weighted by Crippen LogP contribution is -1.95. The highest BCUT2D eigenvalue weighted by molar-refractivity contribution is 5.42. The third kappa shape index (κ3) is 4.66. The van der Waals surface area contributed by atoms with Crippen molar-refractivity contribution in [2.75, 3.05) is 13.2 Å². The highest BCUT2D eigenvalue weighted by Crippen LogP contribution is 2.29. The van der Waals surface area contributed by atoms with Gasteiger partial charge in [0.25, 0.3) is 0 Å². The number of rotatable bonds is 6. The Bertz CT molecular complexity index is 549. The Hall–Kier alpha value is -1.70. The standard InChI is InChI=1S/C19H26O2/c1-14(2)16(4)6-5-15(3)9-11-20-18-8-7-17-10-12-21-19(17)13-18/h7-9,13H,5-6,10-12H2,1-4H3/b15-9+. The van der Waals surface area contributed by atoms with Gasteiger partial charge in [-0.25, -0.2) is 0 Å². The van der Waals surface area contributed by atoms with Gasteiger partial charge in [-0.2, -0.15) is 0 Å². The lowest BCUT2D eigenvalue weighted by Gasteiger charge is -2.07. The molecule has 0 aliphatic carbocycles. The fourth-order valence-corrected chi connectivity index (χ4v) is 2.25. The van der Waals surface area contributed by atoms with E-state index in [1.54, 1.807) is 0 Å². The first-order valence-corrected chi connectivity index (χ1v) is 7.73. The van der Waals surface area contributed by atoms with Crippen molar-refractivity contribution in [3.05, 3.63) is 46.6 Å². The normalized spacial score (nSPS) is 13.6. The maximum Gasteiger partial charge on any atom is 0.126 e. The van der Waals surface area contributed by atoms with Crippen molar-refractivity contribution in [3.8, 4) is 11.5 Å². The van der Waals surface area contributed by atoms with Gasteiger partial charge in [0.2, 0.25) is 0 Å². The molecule has 1 heterocycles. The second kappa shape index (κ2) is 7.35. The summed E-state index contributed by atoms with van der Waals surface area (Å²) in [7, 11) is 0. The summed E-state index contributed by atoms with van der Waals surface area (Å²) in [6, 6.07) is 6.13. The van der Waals surface area contributed by atoms with E-state index in [4.69, 9.17) is 9.47 Å². The summed E-state index contributed by atoms with van der Waals surface area (Å²) in [4.78, 5) is 0. The van der Waals surface area contributed by atoms with E-state index in [1.807, 2.05) is 12.1 Å². The Morgan fingerprint density at radius 2 is 2.00 bits per heavy atom.